The Morgan fingerprint density at radius 2 is 2.55 bits per heavy atom. The van der Waals surface area contributed by atoms with Crippen LogP contribution in [-0.4, -0.2) is 16.7 Å². The third-order valence-electron chi connectivity index (χ3n) is 1.35. The number of rotatable bonds is 3. The number of aromatic nitrogens is 2. The van der Waals surface area contributed by atoms with Crippen molar-refractivity contribution in [2.24, 2.45) is 5.73 Å². The summed E-state index contributed by atoms with van der Waals surface area (Å²) in [5, 5.41) is 6.23. The van der Waals surface area contributed by atoms with Crippen molar-refractivity contribution < 1.29 is 4.39 Å². The van der Waals surface area contributed by atoms with Crippen LogP contribution in [0.1, 0.15) is 18.3 Å². The molecule has 62 valence electrons. The van der Waals surface area contributed by atoms with E-state index in [0.717, 1.165) is 0 Å². The number of aromatic amines is 1. The topological polar surface area (TPSA) is 54.7 Å². The maximum Gasteiger partial charge on any atom is 0.144 e. The lowest BCUT2D eigenvalue weighted by molar-refractivity contribution is 0.319. The van der Waals surface area contributed by atoms with Crippen molar-refractivity contribution in [2.45, 2.75) is 12.6 Å². The molecule has 0 fully saturated rings. The van der Waals surface area contributed by atoms with E-state index in [1.54, 1.807) is 0 Å². The molecule has 0 aliphatic carbocycles. The lowest BCUT2D eigenvalue weighted by Gasteiger charge is -2.02. The zero-order valence-electron chi connectivity index (χ0n) is 5.85. The maximum atomic E-state index is 13.0. The van der Waals surface area contributed by atoms with Gasteiger partial charge in [-0.2, -0.15) is 5.10 Å². The number of nitrogens with two attached hydrogens (primary N) is 1. The van der Waals surface area contributed by atoms with Gasteiger partial charge in [-0.3, -0.25) is 5.10 Å². The molecule has 3 N–H and O–H groups in total. The SMILES string of the molecule is NCCC(F)c1[nH]ncc1Br. The van der Waals surface area contributed by atoms with Crippen LogP contribution in [-0.2, 0) is 0 Å². The molecule has 11 heavy (non-hydrogen) atoms. The van der Waals surface area contributed by atoms with Gasteiger partial charge in [0.1, 0.15) is 6.17 Å². The van der Waals surface area contributed by atoms with E-state index in [-0.39, 0.29) is 0 Å². The molecule has 1 unspecified atom stereocenters. The van der Waals surface area contributed by atoms with Crippen LogP contribution in [0.5, 0.6) is 0 Å². The van der Waals surface area contributed by atoms with Gasteiger partial charge < -0.3 is 5.73 Å². The largest absolute Gasteiger partial charge is 0.330 e. The first-order chi connectivity index (χ1) is 5.25. The fourth-order valence-electron chi connectivity index (χ4n) is 0.792. The van der Waals surface area contributed by atoms with Crippen molar-refractivity contribution in [3.05, 3.63) is 16.4 Å². The van der Waals surface area contributed by atoms with Gasteiger partial charge in [-0.25, -0.2) is 4.39 Å². The van der Waals surface area contributed by atoms with Crippen molar-refractivity contribution in [1.82, 2.24) is 10.2 Å². The van der Waals surface area contributed by atoms with Crippen molar-refractivity contribution in [1.29, 1.82) is 0 Å². The summed E-state index contributed by atoms with van der Waals surface area (Å²) >= 11 is 3.16. The van der Waals surface area contributed by atoms with E-state index >= 15 is 0 Å². The van der Waals surface area contributed by atoms with Gasteiger partial charge >= 0.3 is 0 Å². The minimum atomic E-state index is -1.04. The Labute approximate surface area is 72.3 Å². The number of halogens is 2. The fourth-order valence-corrected chi connectivity index (χ4v) is 1.23. The molecule has 3 nitrogen and oxygen atoms in total. The minimum absolute atomic E-state index is 0.320. The standard InChI is InChI=1S/C6H9BrFN3/c7-4-3-10-11-6(4)5(8)1-2-9/h3,5H,1-2,9H2,(H,10,11). The average Bonchev–Trinajstić information content (AvgIpc) is 2.36. The number of nitrogens with one attached hydrogen (secondary N) is 1. The summed E-state index contributed by atoms with van der Waals surface area (Å²) in [4.78, 5) is 0. The van der Waals surface area contributed by atoms with Crippen molar-refractivity contribution >= 4 is 15.9 Å². The highest BCUT2D eigenvalue weighted by Gasteiger charge is 2.13. The molecule has 0 bridgehead atoms. The van der Waals surface area contributed by atoms with Crippen LogP contribution in [0.25, 0.3) is 0 Å². The second-order valence-corrected chi connectivity index (χ2v) is 3.03. The Kier molecular flexibility index (Phi) is 3.02. The van der Waals surface area contributed by atoms with Gasteiger partial charge in [-0.1, -0.05) is 0 Å². The molecule has 1 rings (SSSR count). The monoisotopic (exact) mass is 221 g/mol. The zero-order valence-corrected chi connectivity index (χ0v) is 7.44. The number of alkyl halides is 1. The number of hydrogen-bond acceptors (Lipinski definition) is 2. The zero-order chi connectivity index (χ0) is 8.27. The highest BCUT2D eigenvalue weighted by atomic mass is 79.9. The summed E-state index contributed by atoms with van der Waals surface area (Å²) in [5.74, 6) is 0. The van der Waals surface area contributed by atoms with Gasteiger partial charge in [0, 0.05) is 0 Å². The molecule has 0 spiro atoms. The molecule has 0 amide bonds. The highest BCUT2D eigenvalue weighted by Crippen LogP contribution is 2.25. The molecule has 0 radical (unpaired) electrons. The maximum absolute atomic E-state index is 13.0. The van der Waals surface area contributed by atoms with Crippen molar-refractivity contribution in [2.75, 3.05) is 6.54 Å². The first-order valence-corrected chi connectivity index (χ1v) is 4.08. The Balaban J connectivity index is 2.67. The van der Waals surface area contributed by atoms with Crippen LogP contribution < -0.4 is 5.73 Å². The average molecular weight is 222 g/mol. The van der Waals surface area contributed by atoms with Gasteiger partial charge in [-0.15, -0.1) is 0 Å². The Morgan fingerprint density at radius 3 is 3.00 bits per heavy atom. The molecule has 1 atom stereocenters. The van der Waals surface area contributed by atoms with E-state index in [0.29, 0.717) is 23.1 Å². The summed E-state index contributed by atoms with van der Waals surface area (Å²) in [6.45, 7) is 0.340. The van der Waals surface area contributed by atoms with Crippen LogP contribution in [0.15, 0.2) is 10.7 Å². The summed E-state index contributed by atoms with van der Waals surface area (Å²) in [6, 6.07) is 0. The minimum Gasteiger partial charge on any atom is -0.330 e. The van der Waals surface area contributed by atoms with Crippen LogP contribution in [0, 0.1) is 0 Å². The molecule has 0 aliphatic rings. The van der Waals surface area contributed by atoms with E-state index < -0.39 is 6.17 Å². The van der Waals surface area contributed by atoms with E-state index in [2.05, 4.69) is 26.1 Å². The van der Waals surface area contributed by atoms with E-state index in [1.807, 2.05) is 0 Å². The number of nitrogens with zero attached hydrogens (tertiary/aromatic N) is 1. The molecule has 0 aromatic carbocycles. The first-order valence-electron chi connectivity index (χ1n) is 3.28. The number of hydrogen-bond donors (Lipinski definition) is 2. The second-order valence-electron chi connectivity index (χ2n) is 2.18. The quantitative estimate of drug-likeness (QED) is 0.814. The molecule has 1 aromatic heterocycles. The van der Waals surface area contributed by atoms with Gasteiger partial charge in [0.15, 0.2) is 0 Å². The molecular weight excluding hydrogens is 213 g/mol. The van der Waals surface area contributed by atoms with Gasteiger partial charge in [0.05, 0.1) is 16.4 Å². The van der Waals surface area contributed by atoms with Gasteiger partial charge in [0.2, 0.25) is 0 Å². The van der Waals surface area contributed by atoms with Gasteiger partial charge in [-0.05, 0) is 28.9 Å². The molecular formula is C6H9BrFN3. The Hall–Kier alpha value is -0.420. The molecule has 0 aliphatic heterocycles. The summed E-state index contributed by atoms with van der Waals surface area (Å²) in [6.07, 6.45) is 0.802. The first kappa shape index (κ1) is 8.67. The van der Waals surface area contributed by atoms with Gasteiger partial charge in [0.25, 0.3) is 0 Å². The fraction of sp³-hybridized carbons (Fsp3) is 0.500. The van der Waals surface area contributed by atoms with Crippen LogP contribution in [0.3, 0.4) is 0 Å². The predicted octanol–water partition coefficient (Wildman–Crippen LogP) is 1.53. The molecule has 5 heteroatoms. The molecule has 1 aromatic rings. The van der Waals surface area contributed by atoms with Crippen LogP contribution >= 0.6 is 15.9 Å². The van der Waals surface area contributed by atoms with Crippen LogP contribution in [0.4, 0.5) is 4.39 Å². The van der Waals surface area contributed by atoms with Crippen LogP contribution in [0.2, 0.25) is 0 Å². The third-order valence-corrected chi connectivity index (χ3v) is 1.99. The molecule has 0 saturated carbocycles. The van der Waals surface area contributed by atoms with E-state index in [1.165, 1.54) is 6.20 Å². The van der Waals surface area contributed by atoms with E-state index in [9.17, 15) is 4.39 Å². The highest BCUT2D eigenvalue weighted by molar-refractivity contribution is 9.10. The van der Waals surface area contributed by atoms with Crippen molar-refractivity contribution in [3.63, 3.8) is 0 Å². The lowest BCUT2D eigenvalue weighted by Crippen LogP contribution is -2.04. The Bertz CT molecular complexity index is 225. The Morgan fingerprint density at radius 1 is 1.82 bits per heavy atom. The molecule has 0 saturated heterocycles. The second kappa shape index (κ2) is 3.82. The lowest BCUT2D eigenvalue weighted by atomic mass is 10.2. The summed E-state index contributed by atoms with van der Waals surface area (Å²) in [7, 11) is 0. The van der Waals surface area contributed by atoms with E-state index in [4.69, 9.17) is 5.73 Å². The predicted molar refractivity (Wildman–Crippen MR) is 43.8 cm³/mol. The third kappa shape index (κ3) is 2.00. The molecule has 1 heterocycles. The van der Waals surface area contributed by atoms with Crippen molar-refractivity contribution in [3.8, 4) is 0 Å². The summed E-state index contributed by atoms with van der Waals surface area (Å²) < 4.78 is 13.7. The summed E-state index contributed by atoms with van der Waals surface area (Å²) in [5.41, 5.74) is 5.66. The smallest absolute Gasteiger partial charge is 0.144 e. The normalized spacial score (nSPS) is 13.4. The number of H-pyrrole nitrogens is 1.